The zero-order valence-electron chi connectivity index (χ0n) is 9.08. The van der Waals surface area contributed by atoms with Gasteiger partial charge in [-0.25, -0.2) is 0 Å². The average molecular weight is 280 g/mol. The van der Waals surface area contributed by atoms with Crippen molar-refractivity contribution in [2.24, 2.45) is 0 Å². The van der Waals surface area contributed by atoms with Crippen molar-refractivity contribution in [3.63, 3.8) is 0 Å². The molecule has 0 amide bonds. The minimum absolute atomic E-state index is 0.601. The molecule has 0 unspecified atom stereocenters. The van der Waals surface area contributed by atoms with Crippen LogP contribution in [-0.2, 0) is 0 Å². The molecule has 0 aliphatic heterocycles. The quantitative estimate of drug-likeness (QED) is 0.760. The first-order chi connectivity index (χ1) is 7.86. The van der Waals surface area contributed by atoms with Crippen LogP contribution in [0.15, 0.2) is 27.2 Å². The van der Waals surface area contributed by atoms with Crippen molar-refractivity contribution >= 4 is 26.9 Å². The van der Waals surface area contributed by atoms with Crippen molar-refractivity contribution in [3.05, 3.63) is 28.4 Å². The van der Waals surface area contributed by atoms with Crippen LogP contribution in [-0.4, -0.2) is 5.16 Å². The molecule has 3 rings (SSSR count). The Hall–Kier alpha value is -0.830. The monoisotopic (exact) mass is 279 g/mol. The van der Waals surface area contributed by atoms with Gasteiger partial charge in [-0.2, -0.15) is 0 Å². The molecule has 0 radical (unpaired) electrons. The fourth-order valence-electron chi connectivity index (χ4n) is 2.62. The lowest BCUT2D eigenvalue weighted by molar-refractivity contribution is 0.395. The van der Waals surface area contributed by atoms with Crippen LogP contribution in [0.3, 0.4) is 0 Å². The van der Waals surface area contributed by atoms with Gasteiger partial charge < -0.3 is 4.52 Å². The smallest absolute Gasteiger partial charge is 0.181 e. The van der Waals surface area contributed by atoms with Gasteiger partial charge in [0, 0.05) is 11.3 Å². The van der Waals surface area contributed by atoms with Gasteiger partial charge in [0.1, 0.15) is 0 Å². The summed E-state index contributed by atoms with van der Waals surface area (Å²) >= 11 is 3.50. The topological polar surface area (TPSA) is 26.0 Å². The Morgan fingerprint density at radius 1 is 1.19 bits per heavy atom. The van der Waals surface area contributed by atoms with E-state index in [1.54, 1.807) is 0 Å². The number of hydrogen-bond acceptors (Lipinski definition) is 2. The zero-order chi connectivity index (χ0) is 11.0. The Balaban J connectivity index is 2.06. The summed E-state index contributed by atoms with van der Waals surface area (Å²) in [6.45, 7) is 0. The summed E-state index contributed by atoms with van der Waals surface area (Å²) in [5.74, 6) is 0.601. The number of para-hydroxylation sites is 1. The molecule has 3 heteroatoms. The minimum Gasteiger partial charge on any atom is -0.355 e. The Kier molecular flexibility index (Phi) is 2.72. The predicted molar refractivity (Wildman–Crippen MR) is 67.5 cm³/mol. The number of rotatable bonds is 1. The standard InChI is InChI=1S/C13H14BrNO/c14-11-8-4-7-10-12(15-16-13(10)11)9-5-2-1-3-6-9/h4,7-9H,1-3,5-6H2. The maximum atomic E-state index is 5.44. The van der Waals surface area contributed by atoms with Gasteiger partial charge in [0.25, 0.3) is 0 Å². The molecule has 0 saturated heterocycles. The minimum atomic E-state index is 0.601. The van der Waals surface area contributed by atoms with Gasteiger partial charge in [-0.05, 0) is 40.9 Å². The molecule has 0 spiro atoms. The molecule has 1 fully saturated rings. The van der Waals surface area contributed by atoms with Gasteiger partial charge in [0.05, 0.1) is 10.2 Å². The molecule has 1 aromatic carbocycles. The van der Waals surface area contributed by atoms with E-state index < -0.39 is 0 Å². The maximum absolute atomic E-state index is 5.44. The molecular weight excluding hydrogens is 266 g/mol. The first-order valence-electron chi connectivity index (χ1n) is 5.90. The lowest BCUT2D eigenvalue weighted by Gasteiger charge is -2.19. The fourth-order valence-corrected chi connectivity index (χ4v) is 3.06. The zero-order valence-corrected chi connectivity index (χ0v) is 10.7. The van der Waals surface area contributed by atoms with Gasteiger partial charge >= 0.3 is 0 Å². The molecule has 1 aliphatic rings. The van der Waals surface area contributed by atoms with E-state index >= 15 is 0 Å². The Morgan fingerprint density at radius 2 is 2.00 bits per heavy atom. The van der Waals surface area contributed by atoms with E-state index in [4.69, 9.17) is 4.52 Å². The van der Waals surface area contributed by atoms with E-state index in [2.05, 4.69) is 33.2 Å². The van der Waals surface area contributed by atoms with Crippen LogP contribution in [0.5, 0.6) is 0 Å². The van der Waals surface area contributed by atoms with Gasteiger partial charge in [0.15, 0.2) is 5.58 Å². The van der Waals surface area contributed by atoms with Crippen molar-refractivity contribution in [2.45, 2.75) is 38.0 Å². The third kappa shape index (κ3) is 1.67. The molecule has 1 aliphatic carbocycles. The van der Waals surface area contributed by atoms with Crippen molar-refractivity contribution < 1.29 is 4.52 Å². The Morgan fingerprint density at radius 3 is 2.81 bits per heavy atom. The van der Waals surface area contributed by atoms with Crippen molar-refractivity contribution in [1.82, 2.24) is 5.16 Å². The molecular formula is C13H14BrNO. The first-order valence-corrected chi connectivity index (χ1v) is 6.69. The molecule has 1 heterocycles. The normalized spacial score (nSPS) is 18.1. The molecule has 1 aromatic heterocycles. The summed E-state index contributed by atoms with van der Waals surface area (Å²) in [7, 11) is 0. The highest BCUT2D eigenvalue weighted by atomic mass is 79.9. The molecule has 84 valence electrons. The third-order valence-corrected chi connectivity index (χ3v) is 4.09. The lowest BCUT2D eigenvalue weighted by Crippen LogP contribution is -2.04. The highest BCUT2D eigenvalue weighted by molar-refractivity contribution is 9.10. The van der Waals surface area contributed by atoms with E-state index in [0.717, 1.165) is 15.7 Å². The predicted octanol–water partition coefficient (Wildman–Crippen LogP) is 4.64. The second kappa shape index (κ2) is 4.21. The third-order valence-electron chi connectivity index (χ3n) is 3.47. The number of nitrogens with zero attached hydrogens (tertiary/aromatic N) is 1. The second-order valence-corrected chi connectivity index (χ2v) is 5.37. The van der Waals surface area contributed by atoms with E-state index in [1.165, 1.54) is 37.5 Å². The van der Waals surface area contributed by atoms with Crippen LogP contribution >= 0.6 is 15.9 Å². The summed E-state index contributed by atoms with van der Waals surface area (Å²) in [5.41, 5.74) is 2.05. The lowest BCUT2D eigenvalue weighted by atomic mass is 9.86. The van der Waals surface area contributed by atoms with Gasteiger partial charge in [-0.3, -0.25) is 0 Å². The summed E-state index contributed by atoms with van der Waals surface area (Å²) in [6, 6.07) is 6.16. The second-order valence-electron chi connectivity index (χ2n) is 4.52. The number of benzene rings is 1. The molecule has 0 N–H and O–H groups in total. The summed E-state index contributed by atoms with van der Waals surface area (Å²) in [4.78, 5) is 0. The largest absolute Gasteiger partial charge is 0.355 e. The highest BCUT2D eigenvalue weighted by Crippen LogP contribution is 2.37. The van der Waals surface area contributed by atoms with Gasteiger partial charge in [-0.15, -0.1) is 0 Å². The molecule has 0 atom stereocenters. The number of fused-ring (bicyclic) bond motifs is 1. The SMILES string of the molecule is Brc1cccc2c(C3CCCCC3)noc12. The molecule has 0 bridgehead atoms. The van der Waals surface area contributed by atoms with Crippen molar-refractivity contribution in [2.75, 3.05) is 0 Å². The van der Waals surface area contributed by atoms with Gasteiger partial charge in [-0.1, -0.05) is 30.5 Å². The Bertz CT molecular complexity index is 500. The summed E-state index contributed by atoms with van der Waals surface area (Å²) in [6.07, 6.45) is 6.54. The average Bonchev–Trinajstić information content (AvgIpc) is 2.75. The van der Waals surface area contributed by atoms with Crippen molar-refractivity contribution in [3.8, 4) is 0 Å². The van der Waals surface area contributed by atoms with Crippen LogP contribution < -0.4 is 0 Å². The molecule has 2 aromatic rings. The summed E-state index contributed by atoms with van der Waals surface area (Å²) < 4.78 is 6.44. The van der Waals surface area contributed by atoms with Crippen LogP contribution in [0.25, 0.3) is 11.0 Å². The number of halogens is 1. The first kappa shape index (κ1) is 10.3. The van der Waals surface area contributed by atoms with E-state index in [0.29, 0.717) is 5.92 Å². The van der Waals surface area contributed by atoms with Crippen LogP contribution in [0.2, 0.25) is 0 Å². The molecule has 16 heavy (non-hydrogen) atoms. The molecule has 2 nitrogen and oxygen atoms in total. The number of aromatic nitrogens is 1. The maximum Gasteiger partial charge on any atom is 0.181 e. The van der Waals surface area contributed by atoms with E-state index in [9.17, 15) is 0 Å². The van der Waals surface area contributed by atoms with Crippen LogP contribution in [0.1, 0.15) is 43.7 Å². The fraction of sp³-hybridized carbons (Fsp3) is 0.462. The summed E-state index contributed by atoms with van der Waals surface area (Å²) in [5, 5.41) is 5.46. The van der Waals surface area contributed by atoms with Crippen LogP contribution in [0.4, 0.5) is 0 Å². The highest BCUT2D eigenvalue weighted by Gasteiger charge is 2.21. The van der Waals surface area contributed by atoms with E-state index in [1.807, 2.05) is 6.07 Å². The number of hydrogen-bond donors (Lipinski definition) is 0. The van der Waals surface area contributed by atoms with Gasteiger partial charge in [0.2, 0.25) is 0 Å². The van der Waals surface area contributed by atoms with Crippen LogP contribution in [0, 0.1) is 0 Å². The van der Waals surface area contributed by atoms with E-state index in [-0.39, 0.29) is 0 Å². The Labute approximate surface area is 103 Å². The molecule has 1 saturated carbocycles. The van der Waals surface area contributed by atoms with Crippen molar-refractivity contribution in [1.29, 1.82) is 0 Å².